The van der Waals surface area contributed by atoms with Crippen LogP contribution >= 0.6 is 0 Å². The summed E-state index contributed by atoms with van der Waals surface area (Å²) in [6, 6.07) is 6.74. The minimum Gasteiger partial charge on any atom is -0.369 e. The van der Waals surface area contributed by atoms with Crippen LogP contribution in [-0.4, -0.2) is 38.9 Å². The van der Waals surface area contributed by atoms with Crippen LogP contribution in [0.3, 0.4) is 0 Å². The number of hydrogen-bond acceptors (Lipinski definition) is 5. The maximum Gasteiger partial charge on any atom is 0.263 e. The number of nitrogens with one attached hydrogen (secondary N) is 2. The van der Waals surface area contributed by atoms with Gasteiger partial charge in [-0.3, -0.25) is 14.5 Å². The van der Waals surface area contributed by atoms with Gasteiger partial charge in [0.25, 0.3) is 5.56 Å². The minimum atomic E-state index is -0.236. The molecule has 1 aromatic carbocycles. The molecule has 7 nitrogen and oxygen atoms in total. The van der Waals surface area contributed by atoms with E-state index >= 15 is 0 Å². The Morgan fingerprint density at radius 3 is 3.12 bits per heavy atom. The lowest BCUT2D eigenvalue weighted by molar-refractivity contribution is 0.526. The lowest BCUT2D eigenvalue weighted by Gasteiger charge is -2.34. The molecule has 8 heteroatoms. The van der Waals surface area contributed by atoms with Crippen LogP contribution in [-0.2, 0) is 7.05 Å². The van der Waals surface area contributed by atoms with Crippen molar-refractivity contribution < 1.29 is 4.39 Å². The first-order chi connectivity index (χ1) is 12.1. The third-order valence-electron chi connectivity index (χ3n) is 4.54. The Kier molecular flexibility index (Phi) is 3.87. The van der Waals surface area contributed by atoms with Gasteiger partial charge < -0.3 is 10.2 Å². The van der Waals surface area contributed by atoms with E-state index in [9.17, 15) is 9.18 Å². The number of benzene rings is 1. The first-order valence-corrected chi connectivity index (χ1v) is 8.29. The van der Waals surface area contributed by atoms with E-state index in [1.807, 2.05) is 6.07 Å². The predicted molar refractivity (Wildman–Crippen MR) is 94.4 cm³/mol. The fourth-order valence-corrected chi connectivity index (χ4v) is 3.30. The number of halogens is 1. The van der Waals surface area contributed by atoms with Crippen molar-refractivity contribution in [2.45, 2.75) is 18.9 Å². The summed E-state index contributed by atoms with van der Waals surface area (Å²) in [6.07, 6.45) is 3.45. The molecular weight excluding hydrogens is 323 g/mol. The van der Waals surface area contributed by atoms with Crippen LogP contribution in [0.5, 0.6) is 0 Å². The molecule has 130 valence electrons. The molecule has 1 atom stereocenters. The van der Waals surface area contributed by atoms with E-state index in [-0.39, 0.29) is 17.4 Å². The van der Waals surface area contributed by atoms with Gasteiger partial charge in [-0.1, -0.05) is 6.07 Å². The molecule has 0 saturated carbocycles. The van der Waals surface area contributed by atoms with Crippen LogP contribution in [0.25, 0.3) is 11.0 Å². The summed E-state index contributed by atoms with van der Waals surface area (Å²) in [7, 11) is 1.75. The molecule has 0 radical (unpaired) electrons. The highest BCUT2D eigenvalue weighted by Gasteiger charge is 2.21. The van der Waals surface area contributed by atoms with Gasteiger partial charge in [0.1, 0.15) is 11.2 Å². The minimum absolute atomic E-state index is 0.117. The van der Waals surface area contributed by atoms with E-state index in [2.05, 4.69) is 25.3 Å². The zero-order valence-electron chi connectivity index (χ0n) is 13.9. The molecule has 3 aromatic rings. The summed E-state index contributed by atoms with van der Waals surface area (Å²) in [5.74, 6) is 0.201. The van der Waals surface area contributed by atoms with Gasteiger partial charge in [-0.25, -0.2) is 4.39 Å². The van der Waals surface area contributed by atoms with Gasteiger partial charge in [0.05, 0.1) is 6.20 Å². The van der Waals surface area contributed by atoms with Gasteiger partial charge >= 0.3 is 0 Å². The standard InChI is InChI=1S/C17H19FN6O/c1-23-15-14(9-19-23)16(25)22-17(21-15)20-12-5-3-7-24(10-12)13-6-2-4-11(18)8-13/h2,4,6,8-9,12H,3,5,7,10H2,1H3,(H2,20,21,22,25)/t12-/m0/s1. The maximum atomic E-state index is 13.5. The molecule has 25 heavy (non-hydrogen) atoms. The molecule has 0 amide bonds. The largest absolute Gasteiger partial charge is 0.369 e. The summed E-state index contributed by atoms with van der Waals surface area (Å²) < 4.78 is 15.0. The van der Waals surface area contributed by atoms with Gasteiger partial charge in [0.2, 0.25) is 5.95 Å². The first-order valence-electron chi connectivity index (χ1n) is 8.29. The zero-order chi connectivity index (χ0) is 17.4. The summed E-state index contributed by atoms with van der Waals surface area (Å²) in [5.41, 5.74) is 1.21. The Hall–Kier alpha value is -2.90. The molecule has 1 fully saturated rings. The van der Waals surface area contributed by atoms with Gasteiger partial charge in [-0.15, -0.1) is 0 Å². The topological polar surface area (TPSA) is 78.8 Å². The molecule has 2 N–H and O–H groups in total. The maximum absolute atomic E-state index is 13.5. The van der Waals surface area contributed by atoms with Crippen molar-refractivity contribution in [1.82, 2.24) is 19.7 Å². The average molecular weight is 342 g/mol. The second-order valence-electron chi connectivity index (χ2n) is 6.33. The van der Waals surface area contributed by atoms with Crippen LogP contribution < -0.4 is 15.8 Å². The van der Waals surface area contributed by atoms with Crippen molar-refractivity contribution in [2.24, 2.45) is 7.05 Å². The Labute approximate surface area is 143 Å². The van der Waals surface area contributed by atoms with Gasteiger partial charge in [0.15, 0.2) is 5.65 Å². The van der Waals surface area contributed by atoms with Gasteiger partial charge in [0, 0.05) is 31.9 Å². The molecule has 0 spiro atoms. The van der Waals surface area contributed by atoms with Crippen molar-refractivity contribution >= 4 is 22.7 Å². The molecule has 1 aliphatic rings. The number of nitrogens with zero attached hydrogens (tertiary/aromatic N) is 4. The number of piperidine rings is 1. The quantitative estimate of drug-likeness (QED) is 0.760. The molecule has 1 aliphatic heterocycles. The second kappa shape index (κ2) is 6.19. The smallest absolute Gasteiger partial charge is 0.263 e. The normalized spacial score (nSPS) is 17.8. The lowest BCUT2D eigenvalue weighted by atomic mass is 10.0. The fraction of sp³-hybridized carbons (Fsp3) is 0.353. The Balaban J connectivity index is 1.54. The van der Waals surface area contributed by atoms with Crippen LogP contribution in [0.15, 0.2) is 35.3 Å². The lowest BCUT2D eigenvalue weighted by Crippen LogP contribution is -2.42. The summed E-state index contributed by atoms with van der Waals surface area (Å²) in [6.45, 7) is 1.60. The SMILES string of the molecule is Cn1ncc2c(=O)[nH]c(N[C@H]3CCCN(c4cccc(F)c4)C3)nc21. The van der Waals surface area contributed by atoms with E-state index in [0.717, 1.165) is 31.6 Å². The molecule has 2 aromatic heterocycles. The van der Waals surface area contributed by atoms with E-state index in [4.69, 9.17) is 0 Å². The number of aromatic amines is 1. The van der Waals surface area contributed by atoms with Crippen molar-refractivity contribution in [2.75, 3.05) is 23.3 Å². The third-order valence-corrected chi connectivity index (χ3v) is 4.54. The Morgan fingerprint density at radius 2 is 2.28 bits per heavy atom. The predicted octanol–water partition coefficient (Wildman–Crippen LogP) is 1.88. The van der Waals surface area contributed by atoms with Crippen molar-refractivity contribution in [3.63, 3.8) is 0 Å². The summed E-state index contributed by atoms with van der Waals surface area (Å²) in [5, 5.41) is 7.84. The van der Waals surface area contributed by atoms with Crippen molar-refractivity contribution in [3.05, 3.63) is 46.6 Å². The number of aromatic nitrogens is 4. The molecule has 0 unspecified atom stereocenters. The van der Waals surface area contributed by atoms with Crippen molar-refractivity contribution in [3.8, 4) is 0 Å². The van der Waals surface area contributed by atoms with E-state index in [0.29, 0.717) is 17.0 Å². The van der Waals surface area contributed by atoms with Gasteiger partial charge in [-0.05, 0) is 31.0 Å². The van der Waals surface area contributed by atoms with E-state index in [1.165, 1.54) is 12.3 Å². The zero-order valence-corrected chi connectivity index (χ0v) is 13.9. The van der Waals surface area contributed by atoms with Crippen LogP contribution in [0, 0.1) is 5.82 Å². The number of rotatable bonds is 3. The van der Waals surface area contributed by atoms with Crippen LogP contribution in [0.2, 0.25) is 0 Å². The highest BCUT2D eigenvalue weighted by Crippen LogP contribution is 2.22. The molecule has 0 bridgehead atoms. The molecular formula is C17H19FN6O. The molecule has 4 rings (SSSR count). The third kappa shape index (κ3) is 3.07. The number of anilines is 2. The van der Waals surface area contributed by atoms with Gasteiger partial charge in [-0.2, -0.15) is 10.1 Å². The highest BCUT2D eigenvalue weighted by atomic mass is 19.1. The summed E-state index contributed by atoms with van der Waals surface area (Å²) in [4.78, 5) is 21.5. The molecule has 3 heterocycles. The Morgan fingerprint density at radius 1 is 1.40 bits per heavy atom. The van der Waals surface area contributed by atoms with Crippen LogP contribution in [0.4, 0.5) is 16.0 Å². The Bertz CT molecular complexity index is 965. The van der Waals surface area contributed by atoms with E-state index in [1.54, 1.807) is 23.9 Å². The fourth-order valence-electron chi connectivity index (χ4n) is 3.30. The molecule has 1 saturated heterocycles. The monoisotopic (exact) mass is 342 g/mol. The average Bonchev–Trinajstić information content (AvgIpc) is 2.97. The number of H-pyrrole nitrogens is 1. The number of aryl methyl sites for hydroxylation is 1. The molecule has 0 aliphatic carbocycles. The first kappa shape index (κ1) is 15.6. The summed E-state index contributed by atoms with van der Waals surface area (Å²) >= 11 is 0. The second-order valence-corrected chi connectivity index (χ2v) is 6.33. The number of hydrogen-bond donors (Lipinski definition) is 2. The van der Waals surface area contributed by atoms with Crippen molar-refractivity contribution in [1.29, 1.82) is 0 Å². The van der Waals surface area contributed by atoms with E-state index < -0.39 is 0 Å². The number of fused-ring (bicyclic) bond motifs is 1. The van der Waals surface area contributed by atoms with Crippen LogP contribution in [0.1, 0.15) is 12.8 Å². The highest BCUT2D eigenvalue weighted by molar-refractivity contribution is 5.74.